The molecule has 2 heterocycles. The Morgan fingerprint density at radius 2 is 2.22 bits per heavy atom. The summed E-state index contributed by atoms with van der Waals surface area (Å²) in [6.45, 7) is 2.31. The van der Waals surface area contributed by atoms with Crippen LogP contribution in [0.15, 0.2) is 24.3 Å². The maximum Gasteiger partial charge on any atom is 0.305 e. The Kier molecular flexibility index (Phi) is 5.12. The van der Waals surface area contributed by atoms with Crippen molar-refractivity contribution >= 4 is 17.6 Å². The normalized spacial score (nSPS) is 16.9. The molecule has 0 radical (unpaired) electrons. The number of aliphatic carboxylic acids is 1. The third-order valence-corrected chi connectivity index (χ3v) is 4.28. The second kappa shape index (κ2) is 7.50. The van der Waals surface area contributed by atoms with Crippen molar-refractivity contribution in [1.29, 1.82) is 0 Å². The van der Waals surface area contributed by atoms with Gasteiger partial charge in [0.1, 0.15) is 0 Å². The molecule has 1 amide bonds. The minimum Gasteiger partial charge on any atom is -0.481 e. The van der Waals surface area contributed by atoms with E-state index in [2.05, 4.69) is 10.3 Å². The van der Waals surface area contributed by atoms with Gasteiger partial charge >= 0.3 is 5.97 Å². The summed E-state index contributed by atoms with van der Waals surface area (Å²) >= 11 is 0. The number of carboxylic acids is 1. The standard InChI is InChI=1S/C16H17N5O6/c1-10-15(16(24)19-5-6-27-9-13(19)8-14(22)23)17-18-20(10)11-3-2-4-12(7-11)21(25)26/h2-4,7,13H,5-6,8-9H2,1H3,(H,22,23). The Bertz CT molecular complexity index is 895. The minimum absolute atomic E-state index is 0.0683. The molecule has 1 fully saturated rings. The number of aromatic nitrogens is 3. The molecule has 0 saturated carbocycles. The molecule has 11 heteroatoms. The maximum absolute atomic E-state index is 12.9. The van der Waals surface area contributed by atoms with Gasteiger partial charge in [-0.25, -0.2) is 4.68 Å². The van der Waals surface area contributed by atoms with Gasteiger partial charge in [-0.2, -0.15) is 0 Å². The van der Waals surface area contributed by atoms with E-state index in [1.54, 1.807) is 13.0 Å². The second-order valence-corrected chi connectivity index (χ2v) is 6.04. The second-order valence-electron chi connectivity index (χ2n) is 6.04. The van der Waals surface area contributed by atoms with Crippen LogP contribution in [0.4, 0.5) is 5.69 Å². The summed E-state index contributed by atoms with van der Waals surface area (Å²) in [6, 6.07) is 5.22. The first-order valence-electron chi connectivity index (χ1n) is 8.16. The fraction of sp³-hybridized carbons (Fsp3) is 0.375. The summed E-state index contributed by atoms with van der Waals surface area (Å²) in [7, 11) is 0. The number of ether oxygens (including phenoxy) is 1. The quantitative estimate of drug-likeness (QED) is 0.597. The first-order chi connectivity index (χ1) is 12.9. The summed E-state index contributed by atoms with van der Waals surface area (Å²) < 4.78 is 6.62. The van der Waals surface area contributed by atoms with Gasteiger partial charge < -0.3 is 14.7 Å². The highest BCUT2D eigenvalue weighted by molar-refractivity contribution is 5.94. The zero-order valence-corrected chi connectivity index (χ0v) is 14.4. The van der Waals surface area contributed by atoms with Crippen molar-refractivity contribution in [2.75, 3.05) is 19.8 Å². The van der Waals surface area contributed by atoms with Gasteiger partial charge in [0.25, 0.3) is 11.6 Å². The Morgan fingerprint density at radius 1 is 1.44 bits per heavy atom. The van der Waals surface area contributed by atoms with Crippen molar-refractivity contribution < 1.29 is 24.4 Å². The molecule has 1 aromatic carbocycles. The largest absolute Gasteiger partial charge is 0.481 e. The van der Waals surface area contributed by atoms with Gasteiger partial charge in [-0.15, -0.1) is 5.10 Å². The number of nitro groups is 1. The summed E-state index contributed by atoms with van der Waals surface area (Å²) in [4.78, 5) is 35.8. The third kappa shape index (κ3) is 3.77. The van der Waals surface area contributed by atoms with Crippen LogP contribution in [-0.2, 0) is 9.53 Å². The number of amides is 1. The van der Waals surface area contributed by atoms with Crippen LogP contribution in [0.2, 0.25) is 0 Å². The number of carbonyl (C=O) groups excluding carboxylic acids is 1. The van der Waals surface area contributed by atoms with Crippen LogP contribution >= 0.6 is 0 Å². The molecule has 1 aliphatic heterocycles. The van der Waals surface area contributed by atoms with Crippen LogP contribution in [0.3, 0.4) is 0 Å². The number of rotatable bonds is 5. The molecule has 1 atom stereocenters. The van der Waals surface area contributed by atoms with Crippen molar-refractivity contribution in [3.8, 4) is 5.69 Å². The third-order valence-electron chi connectivity index (χ3n) is 4.28. The van der Waals surface area contributed by atoms with E-state index in [1.807, 2.05) is 0 Å². The number of non-ortho nitro benzene ring substituents is 1. The van der Waals surface area contributed by atoms with Gasteiger partial charge in [0.15, 0.2) is 5.69 Å². The number of nitrogens with zero attached hydrogens (tertiary/aromatic N) is 5. The van der Waals surface area contributed by atoms with E-state index in [1.165, 1.54) is 27.8 Å². The maximum atomic E-state index is 12.9. The van der Waals surface area contributed by atoms with E-state index in [-0.39, 0.29) is 31.0 Å². The lowest BCUT2D eigenvalue weighted by Gasteiger charge is -2.34. The first-order valence-corrected chi connectivity index (χ1v) is 8.16. The molecule has 0 aliphatic carbocycles. The number of morpholine rings is 1. The monoisotopic (exact) mass is 375 g/mol. The van der Waals surface area contributed by atoms with Crippen molar-refractivity contribution in [2.24, 2.45) is 0 Å². The molecule has 1 aliphatic rings. The zero-order valence-electron chi connectivity index (χ0n) is 14.4. The molecule has 3 rings (SSSR count). The summed E-state index contributed by atoms with van der Waals surface area (Å²) in [5.41, 5.74) is 0.766. The van der Waals surface area contributed by atoms with Crippen LogP contribution in [0.5, 0.6) is 0 Å². The highest BCUT2D eigenvalue weighted by atomic mass is 16.6. The fourth-order valence-electron chi connectivity index (χ4n) is 2.94. The number of nitro benzene ring substituents is 1. The number of carbonyl (C=O) groups is 2. The molecule has 142 valence electrons. The van der Waals surface area contributed by atoms with E-state index in [4.69, 9.17) is 9.84 Å². The average molecular weight is 375 g/mol. The Morgan fingerprint density at radius 3 is 2.93 bits per heavy atom. The molecule has 1 aromatic heterocycles. The molecular weight excluding hydrogens is 358 g/mol. The van der Waals surface area contributed by atoms with Gasteiger partial charge in [0.2, 0.25) is 0 Å². The smallest absolute Gasteiger partial charge is 0.305 e. The number of benzene rings is 1. The van der Waals surface area contributed by atoms with Gasteiger partial charge in [0.05, 0.1) is 42.0 Å². The van der Waals surface area contributed by atoms with Crippen LogP contribution in [0.1, 0.15) is 22.6 Å². The summed E-state index contributed by atoms with van der Waals surface area (Å²) in [5.74, 6) is -1.47. The minimum atomic E-state index is -1.03. The summed E-state index contributed by atoms with van der Waals surface area (Å²) in [6.07, 6.45) is -0.232. The lowest BCUT2D eigenvalue weighted by molar-refractivity contribution is -0.384. The lowest BCUT2D eigenvalue weighted by Crippen LogP contribution is -2.49. The molecular formula is C16H17N5O6. The molecule has 1 saturated heterocycles. The number of carboxylic acid groups (broad SMARTS) is 1. The van der Waals surface area contributed by atoms with Crippen LogP contribution in [0, 0.1) is 17.0 Å². The molecule has 0 spiro atoms. The highest BCUT2D eigenvalue weighted by Gasteiger charge is 2.32. The van der Waals surface area contributed by atoms with Crippen molar-refractivity contribution in [3.05, 3.63) is 45.8 Å². The van der Waals surface area contributed by atoms with Gasteiger partial charge in [-0.1, -0.05) is 11.3 Å². The van der Waals surface area contributed by atoms with Gasteiger partial charge in [-0.05, 0) is 13.0 Å². The molecule has 0 bridgehead atoms. The van der Waals surface area contributed by atoms with E-state index in [0.717, 1.165) is 0 Å². The van der Waals surface area contributed by atoms with E-state index in [0.29, 0.717) is 18.0 Å². The van der Waals surface area contributed by atoms with Gasteiger partial charge in [-0.3, -0.25) is 19.7 Å². The highest BCUT2D eigenvalue weighted by Crippen LogP contribution is 2.20. The van der Waals surface area contributed by atoms with Crippen LogP contribution in [0.25, 0.3) is 5.69 Å². The summed E-state index contributed by atoms with van der Waals surface area (Å²) in [5, 5.41) is 27.8. The topological polar surface area (TPSA) is 141 Å². The van der Waals surface area contributed by atoms with Gasteiger partial charge in [0, 0.05) is 18.7 Å². The first kappa shape index (κ1) is 18.5. The van der Waals surface area contributed by atoms with Crippen molar-refractivity contribution in [3.63, 3.8) is 0 Å². The van der Waals surface area contributed by atoms with E-state index in [9.17, 15) is 19.7 Å². The van der Waals surface area contributed by atoms with E-state index < -0.39 is 22.8 Å². The Labute approximate surface area is 153 Å². The zero-order chi connectivity index (χ0) is 19.6. The molecule has 1 unspecified atom stereocenters. The average Bonchev–Trinajstić information content (AvgIpc) is 3.02. The molecule has 2 aromatic rings. The molecule has 11 nitrogen and oxygen atoms in total. The molecule has 27 heavy (non-hydrogen) atoms. The fourth-order valence-corrected chi connectivity index (χ4v) is 2.94. The van der Waals surface area contributed by atoms with Crippen molar-refractivity contribution in [2.45, 2.75) is 19.4 Å². The SMILES string of the molecule is Cc1c(C(=O)N2CCOCC2CC(=O)O)nnn1-c1cccc([N+](=O)[O-])c1. The van der Waals surface area contributed by atoms with Crippen LogP contribution in [-0.4, -0.2) is 67.6 Å². The Hall–Kier alpha value is -3.34. The molecule has 1 N–H and O–H groups in total. The van der Waals surface area contributed by atoms with Crippen LogP contribution < -0.4 is 0 Å². The van der Waals surface area contributed by atoms with Crippen molar-refractivity contribution in [1.82, 2.24) is 19.9 Å². The predicted molar refractivity (Wildman–Crippen MR) is 90.6 cm³/mol. The van der Waals surface area contributed by atoms with E-state index >= 15 is 0 Å². The Balaban J connectivity index is 1.90. The number of hydrogen-bond donors (Lipinski definition) is 1. The number of hydrogen-bond acceptors (Lipinski definition) is 7. The predicted octanol–water partition coefficient (Wildman–Crippen LogP) is 0.800. The lowest BCUT2D eigenvalue weighted by atomic mass is 10.1.